The Morgan fingerprint density at radius 1 is 1.15 bits per heavy atom. The molecule has 0 saturated heterocycles. The van der Waals surface area contributed by atoms with Gasteiger partial charge < -0.3 is 5.32 Å². The standard InChI is InChI=1S/C14H18ClNO3S/c15-20(18,19)13-9-5-6-11(10-13)14(17)16-12-7-3-1-2-4-8-12/h5-6,9-10,12H,1-4,7-8H2,(H,16,17). The molecule has 0 heterocycles. The third kappa shape index (κ3) is 4.21. The lowest BCUT2D eigenvalue weighted by Crippen LogP contribution is -2.34. The lowest BCUT2D eigenvalue weighted by molar-refractivity contribution is 0.0933. The quantitative estimate of drug-likeness (QED) is 0.688. The van der Waals surface area contributed by atoms with Gasteiger partial charge in [0.15, 0.2) is 0 Å². The zero-order valence-electron chi connectivity index (χ0n) is 11.1. The van der Waals surface area contributed by atoms with Crippen molar-refractivity contribution in [3.63, 3.8) is 0 Å². The van der Waals surface area contributed by atoms with Gasteiger partial charge in [-0.05, 0) is 31.0 Å². The molecular weight excluding hydrogens is 298 g/mol. The van der Waals surface area contributed by atoms with Crippen LogP contribution in [0.15, 0.2) is 29.2 Å². The van der Waals surface area contributed by atoms with Gasteiger partial charge in [0, 0.05) is 22.3 Å². The van der Waals surface area contributed by atoms with E-state index in [9.17, 15) is 13.2 Å². The highest BCUT2D eigenvalue weighted by Crippen LogP contribution is 2.19. The lowest BCUT2D eigenvalue weighted by atomic mass is 10.1. The van der Waals surface area contributed by atoms with E-state index >= 15 is 0 Å². The Hall–Kier alpha value is -1.07. The SMILES string of the molecule is O=C(NC1CCCCCC1)c1cccc(S(=O)(=O)Cl)c1. The van der Waals surface area contributed by atoms with Gasteiger partial charge in [-0.3, -0.25) is 4.79 Å². The van der Waals surface area contributed by atoms with Gasteiger partial charge in [0.25, 0.3) is 15.0 Å². The largest absolute Gasteiger partial charge is 0.349 e. The second-order valence-electron chi connectivity index (χ2n) is 5.13. The van der Waals surface area contributed by atoms with Crippen LogP contribution in [0.2, 0.25) is 0 Å². The predicted octanol–water partition coefficient (Wildman–Crippen LogP) is 3.07. The molecule has 1 aromatic carbocycles. The van der Waals surface area contributed by atoms with Crippen LogP contribution in [-0.4, -0.2) is 20.4 Å². The molecule has 1 aliphatic carbocycles. The van der Waals surface area contributed by atoms with Crippen LogP contribution in [0.3, 0.4) is 0 Å². The summed E-state index contributed by atoms with van der Waals surface area (Å²) in [5.41, 5.74) is 0.330. The van der Waals surface area contributed by atoms with Crippen molar-refractivity contribution < 1.29 is 13.2 Å². The molecule has 20 heavy (non-hydrogen) atoms. The molecule has 1 fully saturated rings. The molecule has 0 aliphatic heterocycles. The number of hydrogen-bond acceptors (Lipinski definition) is 3. The van der Waals surface area contributed by atoms with Crippen molar-refractivity contribution in [3.05, 3.63) is 29.8 Å². The van der Waals surface area contributed by atoms with Gasteiger partial charge in [0.05, 0.1) is 4.90 Å². The van der Waals surface area contributed by atoms with Crippen LogP contribution in [0, 0.1) is 0 Å². The molecule has 2 rings (SSSR count). The third-order valence-electron chi connectivity index (χ3n) is 3.57. The van der Waals surface area contributed by atoms with E-state index in [0.717, 1.165) is 25.7 Å². The fraction of sp³-hybridized carbons (Fsp3) is 0.500. The number of hydrogen-bond donors (Lipinski definition) is 1. The zero-order chi connectivity index (χ0) is 14.6. The van der Waals surface area contributed by atoms with E-state index in [1.54, 1.807) is 6.07 Å². The van der Waals surface area contributed by atoms with Gasteiger partial charge in [0.1, 0.15) is 0 Å². The molecule has 1 saturated carbocycles. The Labute approximate surface area is 123 Å². The number of halogens is 1. The lowest BCUT2D eigenvalue weighted by Gasteiger charge is -2.16. The van der Waals surface area contributed by atoms with Crippen molar-refractivity contribution in [1.82, 2.24) is 5.32 Å². The molecule has 1 N–H and O–H groups in total. The Balaban J connectivity index is 2.09. The van der Waals surface area contributed by atoms with Gasteiger partial charge in [-0.25, -0.2) is 8.42 Å². The minimum absolute atomic E-state index is 0.0484. The van der Waals surface area contributed by atoms with Gasteiger partial charge in [-0.1, -0.05) is 31.7 Å². The maximum absolute atomic E-state index is 12.2. The second-order valence-corrected chi connectivity index (χ2v) is 7.69. The molecule has 6 heteroatoms. The molecule has 110 valence electrons. The van der Waals surface area contributed by atoms with Crippen LogP contribution in [0.5, 0.6) is 0 Å². The molecular formula is C14H18ClNO3S. The number of carbonyl (C=O) groups is 1. The number of amides is 1. The molecule has 0 atom stereocenters. The Morgan fingerprint density at radius 2 is 1.80 bits per heavy atom. The van der Waals surface area contributed by atoms with Crippen molar-refractivity contribution in [3.8, 4) is 0 Å². The monoisotopic (exact) mass is 315 g/mol. The zero-order valence-corrected chi connectivity index (χ0v) is 12.7. The smallest absolute Gasteiger partial charge is 0.261 e. The average Bonchev–Trinajstić information content (AvgIpc) is 2.66. The predicted molar refractivity (Wildman–Crippen MR) is 78.4 cm³/mol. The van der Waals surface area contributed by atoms with Gasteiger partial charge >= 0.3 is 0 Å². The Morgan fingerprint density at radius 3 is 2.40 bits per heavy atom. The van der Waals surface area contributed by atoms with Crippen molar-refractivity contribution in [2.24, 2.45) is 0 Å². The molecule has 4 nitrogen and oxygen atoms in total. The summed E-state index contributed by atoms with van der Waals surface area (Å²) in [6.45, 7) is 0. The Bertz CT molecular complexity index is 578. The number of benzene rings is 1. The highest BCUT2D eigenvalue weighted by atomic mass is 35.7. The van der Waals surface area contributed by atoms with Crippen LogP contribution in [0.4, 0.5) is 0 Å². The van der Waals surface area contributed by atoms with Crippen molar-refractivity contribution in [2.75, 3.05) is 0 Å². The van der Waals surface area contributed by atoms with Crippen LogP contribution in [0.1, 0.15) is 48.9 Å². The number of carbonyl (C=O) groups excluding carboxylic acids is 1. The van der Waals surface area contributed by atoms with E-state index in [2.05, 4.69) is 5.32 Å². The van der Waals surface area contributed by atoms with E-state index in [1.165, 1.54) is 31.0 Å². The summed E-state index contributed by atoms with van der Waals surface area (Å²) in [5.74, 6) is -0.237. The first-order valence-corrected chi connectivity index (χ1v) is 9.13. The first kappa shape index (κ1) is 15.3. The first-order chi connectivity index (χ1) is 9.47. The minimum Gasteiger partial charge on any atom is -0.349 e. The summed E-state index contributed by atoms with van der Waals surface area (Å²) in [6.07, 6.45) is 6.65. The van der Waals surface area contributed by atoms with Crippen molar-refractivity contribution in [2.45, 2.75) is 49.5 Å². The highest BCUT2D eigenvalue weighted by Gasteiger charge is 2.17. The summed E-state index contributed by atoms with van der Waals surface area (Å²) in [7, 11) is 1.48. The van der Waals surface area contributed by atoms with E-state index in [4.69, 9.17) is 10.7 Å². The first-order valence-electron chi connectivity index (χ1n) is 6.82. The molecule has 1 aliphatic rings. The molecule has 0 aromatic heterocycles. The molecule has 1 amide bonds. The molecule has 0 spiro atoms. The molecule has 0 unspecified atom stereocenters. The average molecular weight is 316 g/mol. The van der Waals surface area contributed by atoms with Crippen LogP contribution >= 0.6 is 10.7 Å². The molecule has 0 radical (unpaired) electrons. The van der Waals surface area contributed by atoms with Crippen molar-refractivity contribution in [1.29, 1.82) is 0 Å². The van der Waals surface area contributed by atoms with E-state index in [0.29, 0.717) is 5.56 Å². The maximum Gasteiger partial charge on any atom is 0.261 e. The number of nitrogens with one attached hydrogen (secondary N) is 1. The maximum atomic E-state index is 12.2. The topological polar surface area (TPSA) is 63.2 Å². The fourth-order valence-electron chi connectivity index (χ4n) is 2.48. The van der Waals surface area contributed by atoms with E-state index in [1.807, 2.05) is 0 Å². The Kier molecular flexibility index (Phi) is 5.05. The van der Waals surface area contributed by atoms with Crippen LogP contribution in [-0.2, 0) is 9.05 Å². The van der Waals surface area contributed by atoms with Crippen molar-refractivity contribution >= 4 is 25.6 Å². The summed E-state index contributed by atoms with van der Waals surface area (Å²) >= 11 is 0. The highest BCUT2D eigenvalue weighted by molar-refractivity contribution is 8.13. The van der Waals surface area contributed by atoms with E-state index in [-0.39, 0.29) is 16.8 Å². The minimum atomic E-state index is -3.81. The van der Waals surface area contributed by atoms with Gasteiger partial charge in [-0.2, -0.15) is 0 Å². The van der Waals surface area contributed by atoms with E-state index < -0.39 is 9.05 Å². The summed E-state index contributed by atoms with van der Waals surface area (Å²) < 4.78 is 22.6. The normalized spacial score (nSPS) is 17.4. The van der Waals surface area contributed by atoms with Gasteiger partial charge in [-0.15, -0.1) is 0 Å². The summed E-state index contributed by atoms with van der Waals surface area (Å²) in [4.78, 5) is 12.1. The summed E-state index contributed by atoms with van der Waals surface area (Å²) in [6, 6.07) is 6.00. The molecule has 0 bridgehead atoms. The van der Waals surface area contributed by atoms with Crippen LogP contribution < -0.4 is 5.32 Å². The number of rotatable bonds is 3. The second kappa shape index (κ2) is 6.59. The molecule has 1 aromatic rings. The van der Waals surface area contributed by atoms with Crippen LogP contribution in [0.25, 0.3) is 0 Å². The summed E-state index contributed by atoms with van der Waals surface area (Å²) in [5, 5.41) is 2.98. The fourth-order valence-corrected chi connectivity index (χ4v) is 3.28. The third-order valence-corrected chi connectivity index (χ3v) is 4.92. The van der Waals surface area contributed by atoms with Gasteiger partial charge in [0.2, 0.25) is 0 Å².